The Kier molecular flexibility index (Phi) is 6.64. The van der Waals surface area contributed by atoms with E-state index in [1.807, 2.05) is 23.7 Å². The topological polar surface area (TPSA) is 90.2 Å². The molecule has 0 spiro atoms. The van der Waals surface area contributed by atoms with Crippen molar-refractivity contribution in [3.63, 3.8) is 0 Å². The Morgan fingerprint density at radius 3 is 2.56 bits per heavy atom. The SMILES string of the molecule is COc1cc2sc(=NC(=O)C3CCCN(S(=O)(=O)c4ccc(Cl)s4)C3)n(C)c2cc1OC. The Balaban J connectivity index is 1.62. The molecule has 12 heteroatoms. The molecule has 0 N–H and O–H groups in total. The van der Waals surface area contributed by atoms with E-state index < -0.39 is 15.9 Å². The Morgan fingerprint density at radius 2 is 1.91 bits per heavy atom. The molecule has 1 unspecified atom stereocenters. The van der Waals surface area contributed by atoms with Crippen LogP contribution < -0.4 is 14.3 Å². The smallest absolute Gasteiger partial charge is 0.252 e. The van der Waals surface area contributed by atoms with Crippen LogP contribution in [0.2, 0.25) is 4.34 Å². The fourth-order valence-corrected chi connectivity index (χ4v) is 7.87. The minimum Gasteiger partial charge on any atom is -0.493 e. The summed E-state index contributed by atoms with van der Waals surface area (Å²) in [5, 5.41) is 0. The van der Waals surface area contributed by atoms with Crippen LogP contribution in [0.3, 0.4) is 0 Å². The number of sulfonamides is 1. The second kappa shape index (κ2) is 9.14. The zero-order valence-corrected chi connectivity index (χ0v) is 20.9. The van der Waals surface area contributed by atoms with E-state index >= 15 is 0 Å². The van der Waals surface area contributed by atoms with Crippen molar-refractivity contribution in [1.82, 2.24) is 8.87 Å². The molecule has 1 fully saturated rings. The van der Waals surface area contributed by atoms with Gasteiger partial charge in [-0.15, -0.1) is 11.3 Å². The fourth-order valence-electron chi connectivity index (χ4n) is 3.67. The largest absolute Gasteiger partial charge is 0.493 e. The van der Waals surface area contributed by atoms with E-state index in [9.17, 15) is 13.2 Å². The molecule has 1 aromatic carbocycles. The van der Waals surface area contributed by atoms with E-state index in [-0.39, 0.29) is 16.7 Å². The summed E-state index contributed by atoms with van der Waals surface area (Å²) in [6, 6.07) is 6.75. The van der Waals surface area contributed by atoms with Crippen molar-refractivity contribution in [2.24, 2.45) is 18.0 Å². The Labute approximate surface area is 198 Å². The molecule has 1 atom stereocenters. The number of ether oxygens (including phenoxy) is 2. The number of amides is 1. The molecule has 0 saturated carbocycles. The van der Waals surface area contributed by atoms with Crippen molar-refractivity contribution in [2.75, 3.05) is 27.3 Å². The van der Waals surface area contributed by atoms with Crippen LogP contribution in [0.5, 0.6) is 11.5 Å². The molecule has 1 saturated heterocycles. The number of hydrogen-bond acceptors (Lipinski definition) is 7. The lowest BCUT2D eigenvalue weighted by atomic mass is 9.99. The highest BCUT2D eigenvalue weighted by Crippen LogP contribution is 2.33. The van der Waals surface area contributed by atoms with E-state index in [4.69, 9.17) is 21.1 Å². The molecule has 0 radical (unpaired) electrons. The highest BCUT2D eigenvalue weighted by atomic mass is 35.5. The summed E-state index contributed by atoms with van der Waals surface area (Å²) in [5.74, 6) is 0.369. The van der Waals surface area contributed by atoms with Crippen molar-refractivity contribution in [3.05, 3.63) is 33.4 Å². The third-order valence-electron chi connectivity index (χ3n) is 5.40. The normalized spacial score (nSPS) is 18.2. The Bertz CT molecular complexity index is 1340. The van der Waals surface area contributed by atoms with Crippen molar-refractivity contribution in [3.8, 4) is 11.5 Å². The molecule has 32 heavy (non-hydrogen) atoms. The van der Waals surface area contributed by atoms with Gasteiger partial charge in [-0.05, 0) is 25.0 Å². The molecule has 0 aliphatic carbocycles. The average molecular weight is 516 g/mol. The molecule has 1 aliphatic rings. The van der Waals surface area contributed by atoms with Gasteiger partial charge in [-0.25, -0.2) is 8.42 Å². The number of aryl methyl sites for hydroxylation is 1. The van der Waals surface area contributed by atoms with Crippen LogP contribution in [0.25, 0.3) is 10.2 Å². The predicted octanol–water partition coefficient (Wildman–Crippen LogP) is 3.50. The molecule has 1 amide bonds. The molecular weight excluding hydrogens is 494 g/mol. The zero-order valence-electron chi connectivity index (χ0n) is 17.7. The number of piperidine rings is 1. The van der Waals surface area contributed by atoms with Gasteiger partial charge in [-0.2, -0.15) is 9.30 Å². The number of hydrogen-bond donors (Lipinski definition) is 0. The van der Waals surface area contributed by atoms with Crippen LogP contribution in [0.1, 0.15) is 12.8 Å². The van der Waals surface area contributed by atoms with Crippen molar-refractivity contribution >= 4 is 60.4 Å². The first kappa shape index (κ1) is 23.2. The number of benzene rings is 1. The fraction of sp³-hybridized carbons (Fsp3) is 0.400. The third-order valence-corrected chi connectivity index (χ3v) is 10.1. The number of halogens is 1. The van der Waals surface area contributed by atoms with Crippen LogP contribution in [-0.2, 0) is 21.9 Å². The van der Waals surface area contributed by atoms with E-state index in [2.05, 4.69) is 4.99 Å². The summed E-state index contributed by atoms with van der Waals surface area (Å²) in [7, 11) is 1.28. The minimum absolute atomic E-state index is 0.108. The highest BCUT2D eigenvalue weighted by molar-refractivity contribution is 7.91. The van der Waals surface area contributed by atoms with Gasteiger partial charge in [0, 0.05) is 32.3 Å². The quantitative estimate of drug-likeness (QED) is 0.518. The molecule has 3 heterocycles. The lowest BCUT2D eigenvalue weighted by Crippen LogP contribution is -2.42. The summed E-state index contributed by atoms with van der Waals surface area (Å²) >= 11 is 8.29. The Morgan fingerprint density at radius 1 is 1.19 bits per heavy atom. The third kappa shape index (κ3) is 4.32. The molecule has 3 aromatic rings. The standard InChI is InChI=1S/C20H22ClN3O5S3/c1-23-13-9-14(28-2)15(29-3)10-16(13)30-20(23)22-19(25)12-5-4-8-24(11-12)32(26,27)18-7-6-17(21)31-18/h6-7,9-10,12H,4-5,8,11H2,1-3H3. The highest BCUT2D eigenvalue weighted by Gasteiger charge is 2.34. The first-order chi connectivity index (χ1) is 15.2. The van der Waals surface area contributed by atoms with Crippen LogP contribution in [0.4, 0.5) is 0 Å². The number of fused-ring (bicyclic) bond motifs is 1. The van der Waals surface area contributed by atoms with Gasteiger partial charge < -0.3 is 14.0 Å². The summed E-state index contributed by atoms with van der Waals surface area (Å²) in [4.78, 5) is 17.9. The summed E-state index contributed by atoms with van der Waals surface area (Å²) in [6.45, 7) is 0.480. The molecule has 1 aliphatic heterocycles. The number of rotatable bonds is 5. The van der Waals surface area contributed by atoms with Crippen LogP contribution >= 0.6 is 34.3 Å². The van der Waals surface area contributed by atoms with Gasteiger partial charge in [0.05, 0.1) is 34.7 Å². The number of carbonyl (C=O) groups is 1. The molecular formula is C20H22ClN3O5S3. The number of nitrogens with zero attached hydrogens (tertiary/aromatic N) is 3. The minimum atomic E-state index is -3.68. The predicted molar refractivity (Wildman–Crippen MR) is 125 cm³/mol. The van der Waals surface area contributed by atoms with Gasteiger partial charge in [-0.3, -0.25) is 4.79 Å². The zero-order chi connectivity index (χ0) is 23.0. The summed E-state index contributed by atoms with van der Waals surface area (Å²) < 4.78 is 41.3. The maximum Gasteiger partial charge on any atom is 0.252 e. The second-order valence-electron chi connectivity index (χ2n) is 7.33. The van der Waals surface area contributed by atoms with Crippen LogP contribution in [-0.4, -0.2) is 50.5 Å². The maximum atomic E-state index is 13.0. The van der Waals surface area contributed by atoms with Crippen LogP contribution in [0, 0.1) is 5.92 Å². The summed E-state index contributed by atoms with van der Waals surface area (Å²) in [5.41, 5.74) is 0.863. The summed E-state index contributed by atoms with van der Waals surface area (Å²) in [6.07, 6.45) is 1.19. The van der Waals surface area contributed by atoms with E-state index in [1.54, 1.807) is 20.3 Å². The molecule has 2 aromatic heterocycles. The van der Waals surface area contributed by atoms with Crippen LogP contribution in [0.15, 0.2) is 33.5 Å². The molecule has 0 bridgehead atoms. The van der Waals surface area contributed by atoms with E-state index in [1.165, 1.54) is 21.7 Å². The lowest BCUT2D eigenvalue weighted by Gasteiger charge is -2.29. The number of carbonyl (C=O) groups excluding carboxylic acids is 1. The van der Waals surface area contributed by atoms with Gasteiger partial charge in [0.1, 0.15) is 4.21 Å². The molecule has 4 rings (SSSR count). The second-order valence-corrected chi connectivity index (χ2v) is 12.2. The van der Waals surface area contributed by atoms with Gasteiger partial charge in [-0.1, -0.05) is 22.9 Å². The van der Waals surface area contributed by atoms with Gasteiger partial charge >= 0.3 is 0 Å². The number of aromatic nitrogens is 1. The van der Waals surface area contributed by atoms with Gasteiger partial charge in [0.25, 0.3) is 15.9 Å². The molecule has 8 nitrogen and oxygen atoms in total. The number of thiazole rings is 1. The average Bonchev–Trinajstić information content (AvgIpc) is 3.36. The number of thiophene rings is 1. The van der Waals surface area contributed by atoms with Crippen molar-refractivity contribution in [2.45, 2.75) is 17.1 Å². The van der Waals surface area contributed by atoms with Crippen molar-refractivity contribution < 1.29 is 22.7 Å². The Hall–Kier alpha value is -1.92. The first-order valence-corrected chi connectivity index (χ1v) is 13.3. The monoisotopic (exact) mass is 515 g/mol. The van der Waals surface area contributed by atoms with Crippen molar-refractivity contribution in [1.29, 1.82) is 0 Å². The van der Waals surface area contributed by atoms with E-state index in [0.717, 1.165) is 21.6 Å². The lowest BCUT2D eigenvalue weighted by molar-refractivity contribution is -0.122. The number of methoxy groups -OCH3 is 2. The van der Waals surface area contributed by atoms with Gasteiger partial charge in [0.15, 0.2) is 16.3 Å². The maximum absolute atomic E-state index is 13.0. The first-order valence-electron chi connectivity index (χ1n) is 9.80. The van der Waals surface area contributed by atoms with E-state index in [0.29, 0.717) is 40.0 Å². The van der Waals surface area contributed by atoms with Gasteiger partial charge in [0.2, 0.25) is 0 Å². The molecule has 172 valence electrons.